The number of rotatable bonds is 3. The van der Waals surface area contributed by atoms with Crippen LogP contribution in [0.15, 0.2) is 36.4 Å². The summed E-state index contributed by atoms with van der Waals surface area (Å²) in [5.74, 6) is 0.290. The number of hydrogen-bond donors (Lipinski definition) is 0. The maximum Gasteiger partial charge on any atom is 0.175 e. The Kier molecular flexibility index (Phi) is 2.56. The highest BCUT2D eigenvalue weighted by Gasteiger charge is 2.31. The van der Waals surface area contributed by atoms with Crippen molar-refractivity contribution in [2.75, 3.05) is 0 Å². The van der Waals surface area contributed by atoms with E-state index in [4.69, 9.17) is 0 Å². The van der Waals surface area contributed by atoms with Gasteiger partial charge in [0.25, 0.3) is 0 Å². The minimum Gasteiger partial charge on any atom is -0.293 e. The average Bonchev–Trinajstić information content (AvgIpc) is 3.07. The molecule has 2 aromatic rings. The maximum atomic E-state index is 12.8. The van der Waals surface area contributed by atoms with Crippen LogP contribution in [0.3, 0.4) is 0 Å². The quantitative estimate of drug-likeness (QED) is 0.744. The summed E-state index contributed by atoms with van der Waals surface area (Å²) >= 11 is 1.50. The molecule has 1 aliphatic rings. The average molecular weight is 246 g/mol. The van der Waals surface area contributed by atoms with Crippen molar-refractivity contribution in [3.05, 3.63) is 47.1 Å². The van der Waals surface area contributed by atoms with E-state index in [2.05, 4.69) is 0 Å². The van der Waals surface area contributed by atoms with Crippen molar-refractivity contribution in [1.29, 1.82) is 0 Å². The zero-order chi connectivity index (χ0) is 11.8. The molecule has 0 amide bonds. The van der Waals surface area contributed by atoms with Gasteiger partial charge in [0.2, 0.25) is 0 Å². The lowest BCUT2D eigenvalue weighted by Gasteiger charge is -1.96. The molecule has 1 aliphatic carbocycles. The third-order valence-corrected chi connectivity index (χ3v) is 4.07. The fraction of sp³-hybridized carbons (Fsp3) is 0.214. The van der Waals surface area contributed by atoms with Gasteiger partial charge in [-0.25, -0.2) is 4.39 Å². The van der Waals surface area contributed by atoms with Crippen molar-refractivity contribution in [3.8, 4) is 10.4 Å². The molecular weight excluding hydrogens is 235 g/mol. The van der Waals surface area contributed by atoms with Gasteiger partial charge >= 0.3 is 0 Å². The summed E-state index contributed by atoms with van der Waals surface area (Å²) in [4.78, 5) is 13.7. The third-order valence-electron chi connectivity index (χ3n) is 2.93. The maximum absolute atomic E-state index is 12.8. The van der Waals surface area contributed by atoms with Gasteiger partial charge in [0.15, 0.2) is 5.78 Å². The molecule has 1 nitrogen and oxygen atoms in total. The largest absolute Gasteiger partial charge is 0.293 e. The lowest BCUT2D eigenvalue weighted by molar-refractivity contribution is 0.0971. The molecule has 86 valence electrons. The highest BCUT2D eigenvalue weighted by molar-refractivity contribution is 7.17. The number of thiophene rings is 1. The standard InChI is InChI=1S/C14H11FOS/c15-11-5-3-9(4-6-11)12-7-8-13(17-12)14(16)10-1-2-10/h3-8,10H,1-2H2. The van der Waals surface area contributed by atoms with Crippen LogP contribution in [0.25, 0.3) is 10.4 Å². The van der Waals surface area contributed by atoms with Crippen molar-refractivity contribution < 1.29 is 9.18 Å². The Hall–Kier alpha value is -1.48. The zero-order valence-corrected chi connectivity index (χ0v) is 9.97. The highest BCUT2D eigenvalue weighted by Crippen LogP contribution is 2.36. The van der Waals surface area contributed by atoms with E-state index >= 15 is 0 Å². The van der Waals surface area contributed by atoms with Crippen LogP contribution in [0.2, 0.25) is 0 Å². The molecule has 1 aromatic heterocycles. The van der Waals surface area contributed by atoms with Gasteiger partial charge in [0.05, 0.1) is 4.88 Å². The van der Waals surface area contributed by atoms with E-state index in [0.29, 0.717) is 0 Å². The zero-order valence-electron chi connectivity index (χ0n) is 9.15. The van der Waals surface area contributed by atoms with Crippen LogP contribution in [-0.4, -0.2) is 5.78 Å². The van der Waals surface area contributed by atoms with Crippen molar-refractivity contribution in [1.82, 2.24) is 0 Å². The van der Waals surface area contributed by atoms with Crippen LogP contribution in [0.1, 0.15) is 22.5 Å². The molecule has 1 heterocycles. The molecule has 0 bridgehead atoms. The molecule has 0 saturated heterocycles. The fourth-order valence-corrected chi connectivity index (χ4v) is 2.82. The van der Waals surface area contributed by atoms with E-state index in [1.54, 1.807) is 12.1 Å². The summed E-state index contributed by atoms with van der Waals surface area (Å²) in [7, 11) is 0. The number of ketones is 1. The second kappa shape index (κ2) is 4.08. The molecule has 0 radical (unpaired) electrons. The van der Waals surface area contributed by atoms with E-state index in [0.717, 1.165) is 28.2 Å². The van der Waals surface area contributed by atoms with E-state index < -0.39 is 0 Å². The number of benzene rings is 1. The van der Waals surface area contributed by atoms with Gasteiger partial charge in [-0.05, 0) is 42.7 Å². The first-order chi connectivity index (χ1) is 8.24. The Labute approximate surface area is 103 Å². The number of halogens is 1. The van der Waals surface area contributed by atoms with Crippen LogP contribution in [0.4, 0.5) is 4.39 Å². The lowest BCUT2D eigenvalue weighted by Crippen LogP contribution is -1.96. The van der Waals surface area contributed by atoms with Crippen molar-refractivity contribution in [2.45, 2.75) is 12.8 Å². The van der Waals surface area contributed by atoms with Crippen LogP contribution >= 0.6 is 11.3 Å². The topological polar surface area (TPSA) is 17.1 Å². The first kappa shape index (κ1) is 10.7. The molecule has 1 fully saturated rings. The predicted octanol–water partition coefficient (Wildman–Crippen LogP) is 4.15. The normalized spacial score (nSPS) is 14.9. The highest BCUT2D eigenvalue weighted by atomic mass is 32.1. The summed E-state index contributed by atoms with van der Waals surface area (Å²) in [5, 5.41) is 0. The summed E-state index contributed by atoms with van der Waals surface area (Å²) in [6, 6.07) is 10.2. The van der Waals surface area contributed by atoms with Gasteiger partial charge in [0, 0.05) is 10.8 Å². The molecule has 0 unspecified atom stereocenters. The predicted molar refractivity (Wildman–Crippen MR) is 66.8 cm³/mol. The summed E-state index contributed by atoms with van der Waals surface area (Å²) in [6.45, 7) is 0. The summed E-state index contributed by atoms with van der Waals surface area (Å²) in [5.41, 5.74) is 0.964. The molecule has 3 rings (SSSR count). The van der Waals surface area contributed by atoms with E-state index in [-0.39, 0.29) is 17.5 Å². The van der Waals surface area contributed by atoms with Crippen LogP contribution in [0.5, 0.6) is 0 Å². The fourth-order valence-electron chi connectivity index (χ4n) is 1.79. The summed E-state index contributed by atoms with van der Waals surface area (Å²) < 4.78 is 12.8. The minimum absolute atomic E-state index is 0.236. The van der Waals surface area contributed by atoms with Gasteiger partial charge in [-0.1, -0.05) is 12.1 Å². The van der Waals surface area contributed by atoms with Gasteiger partial charge in [-0.2, -0.15) is 0 Å². The molecule has 0 aliphatic heterocycles. The van der Waals surface area contributed by atoms with Crippen molar-refractivity contribution >= 4 is 17.1 Å². The number of hydrogen-bond acceptors (Lipinski definition) is 2. The second-order valence-electron chi connectivity index (χ2n) is 4.31. The minimum atomic E-state index is -0.236. The SMILES string of the molecule is O=C(c1ccc(-c2ccc(F)cc2)s1)C1CC1. The van der Waals surface area contributed by atoms with Gasteiger partial charge in [-0.3, -0.25) is 4.79 Å². The van der Waals surface area contributed by atoms with Crippen LogP contribution in [0, 0.1) is 11.7 Å². The van der Waals surface area contributed by atoms with E-state index in [9.17, 15) is 9.18 Å². The van der Waals surface area contributed by atoms with Gasteiger partial charge in [-0.15, -0.1) is 11.3 Å². The van der Waals surface area contributed by atoms with Gasteiger partial charge in [0.1, 0.15) is 5.82 Å². The number of Topliss-reactive ketones (excluding diaryl/α,β-unsaturated/α-hetero) is 1. The lowest BCUT2D eigenvalue weighted by atomic mass is 10.2. The number of carbonyl (C=O) groups is 1. The Morgan fingerprint density at radius 2 is 1.82 bits per heavy atom. The van der Waals surface area contributed by atoms with Crippen molar-refractivity contribution in [2.24, 2.45) is 5.92 Å². The van der Waals surface area contributed by atoms with E-state index in [1.807, 2.05) is 12.1 Å². The Morgan fingerprint density at radius 3 is 2.47 bits per heavy atom. The van der Waals surface area contributed by atoms with Crippen molar-refractivity contribution in [3.63, 3.8) is 0 Å². The molecule has 0 spiro atoms. The summed E-state index contributed by atoms with van der Waals surface area (Å²) in [6.07, 6.45) is 2.06. The molecule has 1 aromatic carbocycles. The van der Waals surface area contributed by atoms with Gasteiger partial charge < -0.3 is 0 Å². The Balaban J connectivity index is 1.88. The van der Waals surface area contributed by atoms with E-state index in [1.165, 1.54) is 23.5 Å². The molecule has 0 atom stereocenters. The molecular formula is C14H11FOS. The number of carbonyl (C=O) groups excluding carboxylic acids is 1. The molecule has 3 heteroatoms. The first-order valence-corrected chi connectivity index (χ1v) is 6.46. The molecule has 1 saturated carbocycles. The monoisotopic (exact) mass is 246 g/mol. The Bertz CT molecular complexity index is 552. The second-order valence-corrected chi connectivity index (χ2v) is 5.39. The Morgan fingerprint density at radius 1 is 1.12 bits per heavy atom. The third kappa shape index (κ3) is 2.15. The smallest absolute Gasteiger partial charge is 0.175 e. The first-order valence-electron chi connectivity index (χ1n) is 5.64. The van der Waals surface area contributed by atoms with Crippen LogP contribution in [-0.2, 0) is 0 Å². The molecule has 17 heavy (non-hydrogen) atoms. The molecule has 0 N–H and O–H groups in total. The van der Waals surface area contributed by atoms with Crippen LogP contribution < -0.4 is 0 Å².